The predicted molar refractivity (Wildman–Crippen MR) is 61.1 cm³/mol. The minimum Gasteiger partial charge on any atom is -0.378 e. The van der Waals surface area contributed by atoms with E-state index in [1.807, 2.05) is 0 Å². The molecule has 0 amide bonds. The van der Waals surface area contributed by atoms with E-state index < -0.39 is 0 Å². The molecule has 0 aromatic rings. The molecule has 90 valence electrons. The molecule has 2 saturated carbocycles. The van der Waals surface area contributed by atoms with E-state index in [1.54, 1.807) is 0 Å². The van der Waals surface area contributed by atoms with Crippen LogP contribution in [0.3, 0.4) is 0 Å². The standard InChI is InChI=1S/C14H22O2/c1-7-3-9-10-5-12(13(9)6-15-7)14-11(10)4-8(2)16-14/h7-14H,3-6H2,1-2H3. The van der Waals surface area contributed by atoms with Crippen LogP contribution < -0.4 is 0 Å². The number of hydrogen-bond acceptors (Lipinski definition) is 2. The lowest BCUT2D eigenvalue weighted by Gasteiger charge is -2.42. The number of hydrogen-bond donors (Lipinski definition) is 0. The Balaban J connectivity index is 1.62. The fourth-order valence-corrected chi connectivity index (χ4v) is 5.27. The first-order chi connectivity index (χ1) is 7.74. The third kappa shape index (κ3) is 1.15. The van der Waals surface area contributed by atoms with Crippen LogP contribution >= 0.6 is 0 Å². The van der Waals surface area contributed by atoms with Crippen LogP contribution in [-0.4, -0.2) is 24.9 Å². The zero-order chi connectivity index (χ0) is 10.9. The Morgan fingerprint density at radius 1 is 0.750 bits per heavy atom. The molecule has 4 rings (SSSR count). The van der Waals surface area contributed by atoms with Gasteiger partial charge >= 0.3 is 0 Å². The van der Waals surface area contributed by atoms with Crippen LogP contribution in [0.4, 0.5) is 0 Å². The van der Waals surface area contributed by atoms with E-state index in [1.165, 1.54) is 19.3 Å². The van der Waals surface area contributed by atoms with Crippen LogP contribution in [0.2, 0.25) is 0 Å². The van der Waals surface area contributed by atoms with Crippen LogP contribution in [0.5, 0.6) is 0 Å². The molecule has 4 fully saturated rings. The van der Waals surface area contributed by atoms with E-state index in [4.69, 9.17) is 9.47 Å². The van der Waals surface area contributed by atoms with Gasteiger partial charge in [0.25, 0.3) is 0 Å². The second-order valence-corrected chi connectivity index (χ2v) is 6.58. The van der Waals surface area contributed by atoms with Gasteiger partial charge in [-0.25, -0.2) is 0 Å². The van der Waals surface area contributed by atoms with Crippen LogP contribution in [0.15, 0.2) is 0 Å². The highest BCUT2D eigenvalue weighted by Gasteiger charge is 2.61. The largest absolute Gasteiger partial charge is 0.378 e. The fourth-order valence-electron chi connectivity index (χ4n) is 5.27. The Kier molecular flexibility index (Phi) is 2.00. The summed E-state index contributed by atoms with van der Waals surface area (Å²) < 4.78 is 12.0. The summed E-state index contributed by atoms with van der Waals surface area (Å²) in [4.78, 5) is 0. The van der Waals surface area contributed by atoms with Crippen molar-refractivity contribution in [3.05, 3.63) is 0 Å². The van der Waals surface area contributed by atoms with Crippen molar-refractivity contribution in [2.75, 3.05) is 6.61 Å². The molecule has 2 aliphatic heterocycles. The summed E-state index contributed by atoms with van der Waals surface area (Å²) in [6, 6.07) is 0. The zero-order valence-corrected chi connectivity index (χ0v) is 10.3. The molecule has 2 saturated heterocycles. The lowest BCUT2D eigenvalue weighted by molar-refractivity contribution is -0.0946. The van der Waals surface area contributed by atoms with E-state index in [-0.39, 0.29) is 0 Å². The van der Waals surface area contributed by atoms with Crippen LogP contribution in [0, 0.1) is 29.6 Å². The van der Waals surface area contributed by atoms with Crippen molar-refractivity contribution in [3.63, 3.8) is 0 Å². The van der Waals surface area contributed by atoms with E-state index in [9.17, 15) is 0 Å². The lowest BCUT2D eigenvalue weighted by atomic mass is 9.69. The summed E-state index contributed by atoms with van der Waals surface area (Å²) in [7, 11) is 0. The number of ether oxygens (including phenoxy) is 2. The van der Waals surface area contributed by atoms with Crippen molar-refractivity contribution < 1.29 is 9.47 Å². The van der Waals surface area contributed by atoms with Crippen molar-refractivity contribution in [1.29, 1.82) is 0 Å². The van der Waals surface area contributed by atoms with Crippen molar-refractivity contribution in [1.82, 2.24) is 0 Å². The molecule has 4 aliphatic rings. The van der Waals surface area contributed by atoms with Gasteiger partial charge in [-0.05, 0) is 62.7 Å². The molecule has 0 radical (unpaired) electrons. The maximum absolute atomic E-state index is 6.14. The first-order valence-corrected chi connectivity index (χ1v) is 7.01. The molecule has 8 unspecified atom stereocenters. The van der Waals surface area contributed by atoms with Gasteiger partial charge < -0.3 is 9.47 Å². The van der Waals surface area contributed by atoms with Crippen molar-refractivity contribution >= 4 is 0 Å². The van der Waals surface area contributed by atoms with Gasteiger partial charge in [0.15, 0.2) is 0 Å². The molecular weight excluding hydrogens is 200 g/mol. The first kappa shape index (κ1) is 9.90. The third-order valence-corrected chi connectivity index (χ3v) is 5.76. The predicted octanol–water partition coefficient (Wildman–Crippen LogP) is 2.47. The molecule has 0 aromatic heterocycles. The summed E-state index contributed by atoms with van der Waals surface area (Å²) in [5.74, 6) is 4.48. The van der Waals surface area contributed by atoms with E-state index >= 15 is 0 Å². The molecule has 2 heteroatoms. The third-order valence-electron chi connectivity index (χ3n) is 5.76. The topological polar surface area (TPSA) is 18.5 Å². The average Bonchev–Trinajstić information content (AvgIpc) is 2.85. The molecule has 0 spiro atoms. The fraction of sp³-hybridized carbons (Fsp3) is 1.00. The Hall–Kier alpha value is -0.0800. The number of rotatable bonds is 0. The van der Waals surface area contributed by atoms with Crippen LogP contribution in [0.25, 0.3) is 0 Å². The van der Waals surface area contributed by atoms with Gasteiger partial charge in [0, 0.05) is 0 Å². The van der Waals surface area contributed by atoms with Crippen molar-refractivity contribution in [2.24, 2.45) is 29.6 Å². The van der Waals surface area contributed by atoms with Gasteiger partial charge in [0.1, 0.15) is 0 Å². The van der Waals surface area contributed by atoms with Crippen LogP contribution in [-0.2, 0) is 9.47 Å². The molecule has 0 N–H and O–H groups in total. The highest BCUT2D eigenvalue weighted by atomic mass is 16.5. The van der Waals surface area contributed by atoms with Gasteiger partial charge in [0.2, 0.25) is 0 Å². The molecule has 16 heavy (non-hydrogen) atoms. The highest BCUT2D eigenvalue weighted by molar-refractivity contribution is 5.09. The van der Waals surface area contributed by atoms with Gasteiger partial charge in [-0.2, -0.15) is 0 Å². The molecule has 2 aliphatic carbocycles. The Bertz CT molecular complexity index is 301. The zero-order valence-electron chi connectivity index (χ0n) is 10.3. The Morgan fingerprint density at radius 3 is 2.31 bits per heavy atom. The quantitative estimate of drug-likeness (QED) is 0.627. The second kappa shape index (κ2) is 3.23. The Morgan fingerprint density at radius 2 is 1.44 bits per heavy atom. The van der Waals surface area contributed by atoms with E-state index in [0.717, 1.165) is 36.2 Å². The summed E-state index contributed by atoms with van der Waals surface area (Å²) in [5, 5.41) is 0. The summed E-state index contributed by atoms with van der Waals surface area (Å²) in [6.45, 7) is 5.50. The SMILES string of the molecule is CC1CC2C3CC(C2CO1)C1OC(C)CC31. The molecule has 2 nitrogen and oxygen atoms in total. The van der Waals surface area contributed by atoms with Crippen LogP contribution in [0.1, 0.15) is 33.1 Å². The summed E-state index contributed by atoms with van der Waals surface area (Å²) in [6.07, 6.45) is 5.68. The maximum atomic E-state index is 6.14. The van der Waals surface area contributed by atoms with Gasteiger partial charge in [-0.3, -0.25) is 0 Å². The van der Waals surface area contributed by atoms with Gasteiger partial charge in [-0.15, -0.1) is 0 Å². The molecule has 2 heterocycles. The van der Waals surface area contributed by atoms with E-state index in [2.05, 4.69) is 13.8 Å². The molecular formula is C14H22O2. The Labute approximate surface area is 97.7 Å². The highest BCUT2D eigenvalue weighted by Crippen LogP contribution is 2.62. The summed E-state index contributed by atoms with van der Waals surface area (Å²) >= 11 is 0. The van der Waals surface area contributed by atoms with Crippen molar-refractivity contribution in [3.8, 4) is 0 Å². The normalized spacial score (nSPS) is 63.4. The monoisotopic (exact) mass is 222 g/mol. The second-order valence-electron chi connectivity index (χ2n) is 6.58. The van der Waals surface area contributed by atoms with Gasteiger partial charge in [0.05, 0.1) is 24.9 Å². The van der Waals surface area contributed by atoms with E-state index in [0.29, 0.717) is 18.3 Å². The minimum atomic E-state index is 0.499. The van der Waals surface area contributed by atoms with Crippen molar-refractivity contribution in [2.45, 2.75) is 51.4 Å². The smallest absolute Gasteiger partial charge is 0.0642 e. The molecule has 0 aromatic carbocycles. The molecule has 2 bridgehead atoms. The van der Waals surface area contributed by atoms with Gasteiger partial charge in [-0.1, -0.05) is 0 Å². The summed E-state index contributed by atoms with van der Waals surface area (Å²) in [5.41, 5.74) is 0. The number of fused-ring (bicyclic) bond motifs is 8. The maximum Gasteiger partial charge on any atom is 0.0642 e. The lowest BCUT2D eigenvalue weighted by Crippen LogP contribution is -2.43. The molecule has 8 atom stereocenters. The average molecular weight is 222 g/mol. The first-order valence-electron chi connectivity index (χ1n) is 7.01. The minimum absolute atomic E-state index is 0.499.